The summed E-state index contributed by atoms with van der Waals surface area (Å²) in [4.78, 5) is 22.5. The van der Waals surface area contributed by atoms with Gasteiger partial charge in [-0.15, -0.1) is 0 Å². The number of ketones is 1. The molecule has 0 atom stereocenters. The highest BCUT2D eigenvalue weighted by Gasteiger charge is 2.31. The van der Waals surface area contributed by atoms with E-state index in [9.17, 15) is 14.7 Å². The van der Waals surface area contributed by atoms with Crippen LogP contribution in [-0.2, 0) is 11.2 Å². The topological polar surface area (TPSA) is 93.1 Å². The summed E-state index contributed by atoms with van der Waals surface area (Å²) >= 11 is 0. The van der Waals surface area contributed by atoms with Crippen molar-refractivity contribution in [3.05, 3.63) is 28.3 Å². The molecule has 0 amide bonds. The second-order valence-corrected chi connectivity index (χ2v) is 5.55. The quantitative estimate of drug-likeness (QED) is 0.783. The Bertz CT molecular complexity index is 687. The van der Waals surface area contributed by atoms with E-state index < -0.39 is 5.97 Å². The van der Waals surface area contributed by atoms with E-state index in [0.29, 0.717) is 35.5 Å². The molecular formula is C17H20O6. The van der Waals surface area contributed by atoms with Gasteiger partial charge in [0.05, 0.1) is 7.11 Å². The average molecular weight is 320 g/mol. The van der Waals surface area contributed by atoms with Gasteiger partial charge in [0.1, 0.15) is 22.8 Å². The van der Waals surface area contributed by atoms with Crippen molar-refractivity contribution in [1.29, 1.82) is 0 Å². The van der Waals surface area contributed by atoms with Gasteiger partial charge in [-0.1, -0.05) is 11.6 Å². The van der Waals surface area contributed by atoms with E-state index in [0.717, 1.165) is 5.57 Å². The number of ether oxygens (including phenoxy) is 2. The van der Waals surface area contributed by atoms with Gasteiger partial charge < -0.3 is 19.7 Å². The number of hydrogen-bond donors (Lipinski definition) is 2. The van der Waals surface area contributed by atoms with Gasteiger partial charge in [-0.25, -0.2) is 0 Å². The van der Waals surface area contributed by atoms with E-state index in [-0.39, 0.29) is 30.1 Å². The number of aliphatic carboxylic acids is 1. The number of phenolic OH excluding ortho intramolecular Hbond substituents is 1. The second-order valence-electron chi connectivity index (χ2n) is 5.55. The summed E-state index contributed by atoms with van der Waals surface area (Å²) < 4.78 is 10.7. The molecule has 0 aliphatic carbocycles. The number of aromatic hydroxyl groups is 1. The Balaban J connectivity index is 2.37. The van der Waals surface area contributed by atoms with Gasteiger partial charge in [0, 0.05) is 17.5 Å². The fraction of sp³-hybridized carbons (Fsp3) is 0.412. The highest BCUT2D eigenvalue weighted by Crippen LogP contribution is 2.45. The Hall–Kier alpha value is -2.50. The van der Waals surface area contributed by atoms with E-state index in [1.165, 1.54) is 7.11 Å². The lowest BCUT2D eigenvalue weighted by atomic mass is 9.97. The van der Waals surface area contributed by atoms with E-state index in [2.05, 4.69) is 0 Å². The molecule has 6 nitrogen and oxygen atoms in total. The molecule has 1 aliphatic rings. The van der Waals surface area contributed by atoms with Gasteiger partial charge >= 0.3 is 5.97 Å². The lowest BCUT2D eigenvalue weighted by Crippen LogP contribution is -2.01. The minimum Gasteiger partial charge on any atom is -0.507 e. The highest BCUT2D eigenvalue weighted by atomic mass is 16.5. The molecule has 1 aromatic rings. The van der Waals surface area contributed by atoms with E-state index in [1.807, 2.05) is 13.0 Å². The Morgan fingerprint density at radius 1 is 1.39 bits per heavy atom. The van der Waals surface area contributed by atoms with Crippen molar-refractivity contribution in [2.75, 3.05) is 13.7 Å². The smallest absolute Gasteiger partial charge is 0.303 e. The van der Waals surface area contributed by atoms with E-state index in [4.69, 9.17) is 14.6 Å². The van der Waals surface area contributed by atoms with Crippen LogP contribution < -0.4 is 9.47 Å². The molecule has 124 valence electrons. The van der Waals surface area contributed by atoms with Crippen LogP contribution >= 0.6 is 0 Å². The predicted octanol–water partition coefficient (Wildman–Crippen LogP) is 2.64. The van der Waals surface area contributed by atoms with Crippen LogP contribution in [0.1, 0.15) is 41.3 Å². The van der Waals surface area contributed by atoms with Gasteiger partial charge in [-0.2, -0.15) is 0 Å². The molecule has 0 saturated heterocycles. The summed E-state index contributed by atoms with van der Waals surface area (Å²) in [6, 6.07) is 0. The number of carbonyl (C=O) groups excluding carboxylic acids is 1. The minimum atomic E-state index is -0.853. The number of fused-ring (bicyclic) bond motifs is 1. The second kappa shape index (κ2) is 6.73. The van der Waals surface area contributed by atoms with Crippen LogP contribution in [0.5, 0.6) is 17.2 Å². The summed E-state index contributed by atoms with van der Waals surface area (Å²) in [7, 11) is 1.50. The number of carbonyl (C=O) groups is 2. The molecule has 0 radical (unpaired) electrons. The Morgan fingerprint density at radius 2 is 2.09 bits per heavy atom. The SMILES string of the molecule is COc1c(C)c2c(c(O)c1C/C=C(\C)CCC(=O)O)C(=O)CO2. The first kappa shape index (κ1) is 16.9. The number of carboxylic acid groups (broad SMARTS) is 1. The van der Waals surface area contributed by atoms with Gasteiger partial charge in [0.25, 0.3) is 0 Å². The van der Waals surface area contributed by atoms with Crippen molar-refractivity contribution in [1.82, 2.24) is 0 Å². The number of carboxylic acids is 1. The van der Waals surface area contributed by atoms with Crippen molar-refractivity contribution < 1.29 is 29.3 Å². The lowest BCUT2D eigenvalue weighted by Gasteiger charge is -2.16. The molecule has 2 rings (SSSR count). The zero-order valence-corrected chi connectivity index (χ0v) is 13.4. The Labute approximate surface area is 134 Å². The molecule has 1 aliphatic heterocycles. The molecule has 0 fully saturated rings. The molecular weight excluding hydrogens is 300 g/mol. The van der Waals surface area contributed by atoms with Gasteiger partial charge in [-0.3, -0.25) is 9.59 Å². The van der Waals surface area contributed by atoms with Crippen LogP contribution in [0.2, 0.25) is 0 Å². The highest BCUT2D eigenvalue weighted by molar-refractivity contribution is 6.06. The first-order valence-electron chi connectivity index (χ1n) is 7.32. The molecule has 23 heavy (non-hydrogen) atoms. The number of rotatable bonds is 6. The third-order valence-electron chi connectivity index (χ3n) is 3.92. The molecule has 1 aromatic carbocycles. The summed E-state index contributed by atoms with van der Waals surface area (Å²) in [5.41, 5.74) is 2.29. The monoisotopic (exact) mass is 320 g/mol. The minimum absolute atomic E-state index is 0.0565. The third-order valence-corrected chi connectivity index (χ3v) is 3.92. The fourth-order valence-electron chi connectivity index (χ4n) is 2.68. The first-order chi connectivity index (χ1) is 10.9. The molecule has 0 bridgehead atoms. The van der Waals surface area contributed by atoms with Gasteiger partial charge in [-0.05, 0) is 26.7 Å². The van der Waals surface area contributed by atoms with Crippen LogP contribution in [0, 0.1) is 6.92 Å². The molecule has 6 heteroatoms. The predicted molar refractivity (Wildman–Crippen MR) is 83.6 cm³/mol. The van der Waals surface area contributed by atoms with Crippen molar-refractivity contribution in [3.63, 3.8) is 0 Å². The van der Waals surface area contributed by atoms with Crippen molar-refractivity contribution >= 4 is 11.8 Å². The number of allylic oxidation sites excluding steroid dienone is 2. The maximum absolute atomic E-state index is 11.9. The summed E-state index contributed by atoms with van der Waals surface area (Å²) in [6.45, 7) is 3.53. The maximum atomic E-state index is 11.9. The Morgan fingerprint density at radius 3 is 2.70 bits per heavy atom. The maximum Gasteiger partial charge on any atom is 0.303 e. The standard InChI is InChI=1S/C17H20O6/c1-9(5-7-13(19)20)4-6-11-15(21)14-12(18)8-23-17(14)10(2)16(11)22-3/h4,21H,5-8H2,1-3H3,(H,19,20)/b9-4+. The molecule has 1 heterocycles. The summed E-state index contributed by atoms with van der Waals surface area (Å²) in [5.74, 6) is -0.365. The zero-order chi connectivity index (χ0) is 17.1. The van der Waals surface area contributed by atoms with E-state index >= 15 is 0 Å². The zero-order valence-electron chi connectivity index (χ0n) is 13.4. The fourth-order valence-corrected chi connectivity index (χ4v) is 2.68. The van der Waals surface area contributed by atoms with Crippen molar-refractivity contribution in [2.45, 2.75) is 33.1 Å². The largest absolute Gasteiger partial charge is 0.507 e. The van der Waals surface area contributed by atoms with Gasteiger partial charge in [0.2, 0.25) is 5.78 Å². The molecule has 0 aromatic heterocycles. The third kappa shape index (κ3) is 3.31. The van der Waals surface area contributed by atoms with Gasteiger partial charge in [0.15, 0.2) is 6.61 Å². The molecule has 0 spiro atoms. The van der Waals surface area contributed by atoms with Crippen LogP contribution in [0.25, 0.3) is 0 Å². The van der Waals surface area contributed by atoms with Crippen molar-refractivity contribution in [3.8, 4) is 17.2 Å². The van der Waals surface area contributed by atoms with E-state index in [1.54, 1.807) is 6.92 Å². The number of methoxy groups -OCH3 is 1. The number of benzene rings is 1. The first-order valence-corrected chi connectivity index (χ1v) is 7.32. The van der Waals surface area contributed by atoms with Crippen LogP contribution in [0.3, 0.4) is 0 Å². The molecule has 0 saturated carbocycles. The summed E-state index contributed by atoms with van der Waals surface area (Å²) in [5, 5.41) is 19.1. The van der Waals surface area contributed by atoms with Crippen LogP contribution in [-0.4, -0.2) is 35.7 Å². The summed E-state index contributed by atoms with van der Waals surface area (Å²) in [6.07, 6.45) is 2.68. The van der Waals surface area contributed by atoms with Crippen molar-refractivity contribution in [2.24, 2.45) is 0 Å². The number of Topliss-reactive ketones (excluding diaryl/α,β-unsaturated/α-hetero) is 1. The average Bonchev–Trinajstić information content (AvgIpc) is 2.89. The number of phenols is 1. The van der Waals surface area contributed by atoms with Crippen LogP contribution in [0.15, 0.2) is 11.6 Å². The molecule has 0 unspecified atom stereocenters. The molecule has 2 N–H and O–H groups in total. The van der Waals surface area contributed by atoms with Crippen LogP contribution in [0.4, 0.5) is 0 Å². The normalized spacial score (nSPS) is 13.7. The number of hydrogen-bond acceptors (Lipinski definition) is 5. The lowest BCUT2D eigenvalue weighted by molar-refractivity contribution is -0.136. The Kier molecular flexibility index (Phi) is 4.93.